The highest BCUT2D eigenvalue weighted by Gasteiger charge is 2.30. The second-order valence-corrected chi connectivity index (χ2v) is 9.87. The molecule has 8 heteroatoms. The summed E-state index contributed by atoms with van der Waals surface area (Å²) < 4.78 is 13.9. The standard InChI is InChI=1S/C29H29N5O3/c1-18(19-5-6-19)36-29(35)33-21-9-7-20(8-10-21)28-25(16-30)24-15-23(37-27-17-31-13-14-32-27)11-12-26(24)34(28)22-3-2-4-22/h7-15,17-19,22,29,33,35H,2-6H2,1H3/t18-,29?/m1/s1. The van der Waals surface area contributed by atoms with E-state index in [0.29, 0.717) is 29.2 Å². The van der Waals surface area contributed by atoms with Crippen molar-refractivity contribution in [2.24, 2.45) is 5.92 Å². The van der Waals surface area contributed by atoms with E-state index in [1.807, 2.05) is 49.4 Å². The number of aliphatic hydroxyl groups is 1. The van der Waals surface area contributed by atoms with E-state index < -0.39 is 6.41 Å². The van der Waals surface area contributed by atoms with Gasteiger partial charge in [-0.05, 0) is 80.8 Å². The molecule has 2 aliphatic carbocycles. The molecule has 2 saturated carbocycles. The maximum Gasteiger partial charge on any atom is 0.237 e. The third-order valence-electron chi connectivity index (χ3n) is 7.37. The van der Waals surface area contributed by atoms with Crippen molar-refractivity contribution in [1.29, 1.82) is 5.26 Å². The van der Waals surface area contributed by atoms with Gasteiger partial charge in [0.15, 0.2) is 0 Å². The lowest BCUT2D eigenvalue weighted by atomic mass is 9.92. The van der Waals surface area contributed by atoms with Gasteiger partial charge in [0.05, 0.1) is 29.1 Å². The summed E-state index contributed by atoms with van der Waals surface area (Å²) in [5, 5.41) is 24.4. The van der Waals surface area contributed by atoms with Crippen LogP contribution in [0.1, 0.15) is 50.6 Å². The first kappa shape index (κ1) is 23.5. The molecule has 6 rings (SSSR count). The molecule has 2 aliphatic rings. The molecule has 4 aromatic rings. The second kappa shape index (κ2) is 9.85. The van der Waals surface area contributed by atoms with Gasteiger partial charge in [-0.25, -0.2) is 4.98 Å². The fourth-order valence-electron chi connectivity index (χ4n) is 5.02. The molecule has 0 saturated heterocycles. The number of nitrogens with one attached hydrogen (secondary N) is 1. The first-order valence-electron chi connectivity index (χ1n) is 12.8. The second-order valence-electron chi connectivity index (χ2n) is 9.87. The van der Waals surface area contributed by atoms with Gasteiger partial charge in [-0.2, -0.15) is 5.26 Å². The van der Waals surface area contributed by atoms with Crippen LogP contribution >= 0.6 is 0 Å². The van der Waals surface area contributed by atoms with Crippen LogP contribution in [0.2, 0.25) is 0 Å². The predicted molar refractivity (Wildman–Crippen MR) is 140 cm³/mol. The zero-order valence-electron chi connectivity index (χ0n) is 20.7. The number of ether oxygens (including phenoxy) is 2. The molecule has 0 spiro atoms. The Morgan fingerprint density at radius 1 is 1.11 bits per heavy atom. The Bertz CT molecular complexity index is 1440. The zero-order valence-corrected chi connectivity index (χ0v) is 20.7. The van der Waals surface area contributed by atoms with Crippen LogP contribution in [0.3, 0.4) is 0 Å². The Hall–Kier alpha value is -3.93. The molecule has 2 aromatic carbocycles. The van der Waals surface area contributed by atoms with Crippen molar-refractivity contribution in [3.63, 3.8) is 0 Å². The average molecular weight is 496 g/mol. The van der Waals surface area contributed by atoms with Crippen molar-refractivity contribution in [1.82, 2.24) is 14.5 Å². The molecular weight excluding hydrogens is 466 g/mol. The van der Waals surface area contributed by atoms with Gasteiger partial charge >= 0.3 is 0 Å². The third-order valence-corrected chi connectivity index (χ3v) is 7.37. The number of fused-ring (bicyclic) bond motifs is 1. The van der Waals surface area contributed by atoms with Crippen LogP contribution < -0.4 is 10.1 Å². The SMILES string of the molecule is C[C@@H](OC(O)Nc1ccc(-c2c(C#N)c3cc(Oc4cnccn4)ccc3n2C2CCC2)cc1)C1CC1. The van der Waals surface area contributed by atoms with Gasteiger partial charge in [0, 0.05) is 29.5 Å². The van der Waals surface area contributed by atoms with Crippen LogP contribution in [0.5, 0.6) is 11.6 Å². The predicted octanol–water partition coefficient (Wildman–Crippen LogP) is 5.99. The maximum atomic E-state index is 10.3. The van der Waals surface area contributed by atoms with E-state index in [1.165, 1.54) is 6.42 Å². The van der Waals surface area contributed by atoms with Crippen LogP contribution in [0, 0.1) is 17.2 Å². The van der Waals surface area contributed by atoms with Gasteiger partial charge in [0.2, 0.25) is 12.3 Å². The molecular formula is C29H29N5O3. The third kappa shape index (κ3) is 4.76. The van der Waals surface area contributed by atoms with E-state index in [4.69, 9.17) is 9.47 Å². The number of rotatable bonds is 9. The lowest BCUT2D eigenvalue weighted by Crippen LogP contribution is -2.28. The van der Waals surface area contributed by atoms with Crippen molar-refractivity contribution in [3.05, 3.63) is 66.6 Å². The van der Waals surface area contributed by atoms with Crippen LogP contribution in [0.4, 0.5) is 5.69 Å². The minimum atomic E-state index is -1.06. The molecule has 2 aromatic heterocycles. The lowest BCUT2D eigenvalue weighted by Gasteiger charge is -2.30. The Kier molecular flexibility index (Phi) is 6.25. The van der Waals surface area contributed by atoms with E-state index in [-0.39, 0.29) is 6.10 Å². The van der Waals surface area contributed by atoms with E-state index in [1.54, 1.807) is 18.6 Å². The van der Waals surface area contributed by atoms with Crippen LogP contribution in [-0.2, 0) is 4.74 Å². The Morgan fingerprint density at radius 3 is 2.57 bits per heavy atom. The number of nitriles is 1. The molecule has 1 unspecified atom stereocenters. The van der Waals surface area contributed by atoms with Crippen molar-refractivity contribution in [2.45, 2.75) is 57.6 Å². The summed E-state index contributed by atoms with van der Waals surface area (Å²) in [6.45, 7) is 2.00. The number of hydrogen-bond donors (Lipinski definition) is 2. The Labute approximate surface area is 215 Å². The zero-order chi connectivity index (χ0) is 25.4. The number of benzene rings is 2. The monoisotopic (exact) mass is 495 g/mol. The van der Waals surface area contributed by atoms with Crippen molar-refractivity contribution < 1.29 is 14.6 Å². The summed E-state index contributed by atoms with van der Waals surface area (Å²) in [6.07, 6.45) is 9.37. The van der Waals surface area contributed by atoms with Crippen molar-refractivity contribution in [2.75, 3.05) is 5.32 Å². The van der Waals surface area contributed by atoms with E-state index >= 15 is 0 Å². The largest absolute Gasteiger partial charge is 0.437 e. The Morgan fingerprint density at radius 2 is 1.92 bits per heavy atom. The smallest absolute Gasteiger partial charge is 0.237 e. The molecule has 37 heavy (non-hydrogen) atoms. The van der Waals surface area contributed by atoms with Gasteiger partial charge < -0.3 is 24.5 Å². The molecule has 0 aliphatic heterocycles. The van der Waals surface area contributed by atoms with Gasteiger partial charge in [-0.15, -0.1) is 0 Å². The number of hydrogen-bond acceptors (Lipinski definition) is 7. The number of nitrogens with zero attached hydrogens (tertiary/aromatic N) is 4. The number of aromatic nitrogens is 3. The molecule has 0 amide bonds. The molecule has 0 bridgehead atoms. The minimum Gasteiger partial charge on any atom is -0.437 e. The van der Waals surface area contributed by atoms with E-state index in [2.05, 4.69) is 25.9 Å². The first-order chi connectivity index (χ1) is 18.1. The average Bonchev–Trinajstić information content (AvgIpc) is 3.68. The summed E-state index contributed by atoms with van der Waals surface area (Å²) in [5.41, 5.74) is 4.24. The van der Waals surface area contributed by atoms with Gasteiger partial charge in [0.1, 0.15) is 11.8 Å². The Balaban J connectivity index is 1.33. The molecule has 0 radical (unpaired) electrons. The molecule has 188 valence electrons. The molecule has 2 fully saturated rings. The summed E-state index contributed by atoms with van der Waals surface area (Å²) in [5.74, 6) is 1.55. The fourth-order valence-corrected chi connectivity index (χ4v) is 5.02. The first-order valence-corrected chi connectivity index (χ1v) is 12.8. The summed E-state index contributed by atoms with van der Waals surface area (Å²) in [7, 11) is 0. The topological polar surface area (TPSA) is 105 Å². The van der Waals surface area contributed by atoms with Crippen LogP contribution in [-0.4, -0.2) is 32.2 Å². The highest BCUT2D eigenvalue weighted by molar-refractivity contribution is 5.95. The van der Waals surface area contributed by atoms with E-state index in [0.717, 1.165) is 53.5 Å². The van der Waals surface area contributed by atoms with Crippen LogP contribution in [0.15, 0.2) is 61.1 Å². The van der Waals surface area contributed by atoms with Crippen LogP contribution in [0.25, 0.3) is 22.2 Å². The van der Waals surface area contributed by atoms with E-state index in [9.17, 15) is 10.4 Å². The summed E-state index contributed by atoms with van der Waals surface area (Å²) in [6, 6.07) is 16.4. The van der Waals surface area contributed by atoms with Crippen molar-refractivity contribution >= 4 is 16.6 Å². The highest BCUT2D eigenvalue weighted by Crippen LogP contribution is 2.43. The molecule has 8 nitrogen and oxygen atoms in total. The van der Waals surface area contributed by atoms with Gasteiger partial charge in [-0.3, -0.25) is 4.98 Å². The highest BCUT2D eigenvalue weighted by atomic mass is 16.6. The summed E-state index contributed by atoms with van der Waals surface area (Å²) >= 11 is 0. The van der Waals surface area contributed by atoms with Gasteiger partial charge in [0.25, 0.3) is 0 Å². The summed E-state index contributed by atoms with van der Waals surface area (Å²) in [4.78, 5) is 8.24. The normalized spacial score (nSPS) is 17.1. The quantitative estimate of drug-likeness (QED) is 0.275. The molecule has 2 N–H and O–H groups in total. The number of anilines is 1. The maximum absolute atomic E-state index is 10.3. The lowest BCUT2D eigenvalue weighted by molar-refractivity contribution is -0.117. The molecule has 2 heterocycles. The van der Waals surface area contributed by atoms with Gasteiger partial charge in [-0.1, -0.05) is 12.1 Å². The molecule has 2 atom stereocenters. The minimum absolute atomic E-state index is 0.0287. The number of aliphatic hydroxyl groups excluding tert-OH is 1. The fraction of sp³-hybridized carbons (Fsp3) is 0.345. The van der Waals surface area contributed by atoms with Crippen molar-refractivity contribution in [3.8, 4) is 29.0 Å².